The summed E-state index contributed by atoms with van der Waals surface area (Å²) in [7, 11) is 0. The first-order valence-electron chi connectivity index (χ1n) is 8.90. The molecule has 0 saturated carbocycles. The Bertz CT molecular complexity index is 841. The van der Waals surface area contributed by atoms with Crippen molar-refractivity contribution in [2.75, 3.05) is 6.79 Å². The molecule has 0 fully saturated rings. The zero-order valence-electron chi connectivity index (χ0n) is 15.5. The number of aliphatic hydroxyl groups excluding tert-OH is 2. The maximum Gasteiger partial charge on any atom is 0.342 e. The molecule has 28 heavy (non-hydrogen) atoms. The van der Waals surface area contributed by atoms with Crippen LogP contribution >= 0.6 is 0 Å². The number of carbonyl (C=O) groups is 2. The van der Waals surface area contributed by atoms with E-state index in [1.54, 1.807) is 13.8 Å². The van der Waals surface area contributed by atoms with Crippen LogP contribution < -0.4 is 9.47 Å². The second-order valence-electron chi connectivity index (χ2n) is 6.80. The number of hydrogen-bond donors (Lipinski definition) is 3. The Morgan fingerprint density at radius 2 is 1.86 bits per heavy atom. The molecule has 2 heterocycles. The fourth-order valence-electron chi connectivity index (χ4n) is 2.91. The molecule has 1 aromatic carbocycles. The Hall–Kier alpha value is -2.84. The zero-order chi connectivity index (χ0) is 20.4. The van der Waals surface area contributed by atoms with Crippen LogP contribution in [-0.4, -0.2) is 52.2 Å². The molecule has 1 aromatic rings. The van der Waals surface area contributed by atoms with E-state index in [4.69, 9.17) is 14.2 Å². The molecule has 0 aliphatic carbocycles. The number of esters is 1. The lowest BCUT2D eigenvalue weighted by Gasteiger charge is -2.20. The molecule has 4 atom stereocenters. The topological polar surface area (TPSA) is 123 Å². The lowest BCUT2D eigenvalue weighted by atomic mass is 9.99. The third-order valence-corrected chi connectivity index (χ3v) is 4.80. The molecule has 0 spiro atoms. The third-order valence-electron chi connectivity index (χ3n) is 4.80. The van der Waals surface area contributed by atoms with Gasteiger partial charge in [-0.15, -0.1) is 0 Å². The van der Waals surface area contributed by atoms with E-state index in [0.29, 0.717) is 0 Å². The van der Waals surface area contributed by atoms with Crippen molar-refractivity contribution in [1.29, 1.82) is 0 Å². The van der Waals surface area contributed by atoms with Gasteiger partial charge in [-0.05, 0) is 19.4 Å². The summed E-state index contributed by atoms with van der Waals surface area (Å²) in [5, 5.41) is 30.4. The first-order valence-corrected chi connectivity index (χ1v) is 8.90. The molecule has 2 aliphatic rings. The van der Waals surface area contributed by atoms with Gasteiger partial charge in [0.1, 0.15) is 23.5 Å². The number of phenols is 1. The van der Waals surface area contributed by atoms with Crippen molar-refractivity contribution in [2.24, 2.45) is 5.92 Å². The van der Waals surface area contributed by atoms with Crippen molar-refractivity contribution >= 4 is 17.8 Å². The maximum absolute atomic E-state index is 12.7. The van der Waals surface area contributed by atoms with Crippen LogP contribution in [0, 0.1) is 5.92 Å². The summed E-state index contributed by atoms with van der Waals surface area (Å²) in [6, 6.07) is 1.28. The monoisotopic (exact) mass is 390 g/mol. The zero-order valence-corrected chi connectivity index (χ0v) is 15.5. The standard InChI is InChI=1S/C20H22O8/c1-10-6-7-14(22)18(24)13(21)5-3-4-12-17(20(25)28-11(10)2)15(23)8-16-19(12)27-9-26-16/h3-4,6-8,10-11,13,18,21,23-24H,5,9H2,1-2H3/b4-3+,7-6-/t10-,11+,13+,18+/m1/s1. The fraction of sp³-hybridized carbons (Fsp3) is 0.400. The van der Waals surface area contributed by atoms with Crippen molar-refractivity contribution in [2.45, 2.75) is 38.6 Å². The van der Waals surface area contributed by atoms with Gasteiger partial charge < -0.3 is 29.5 Å². The molecular formula is C20H22O8. The van der Waals surface area contributed by atoms with Gasteiger partial charge in [0.05, 0.1) is 6.10 Å². The highest BCUT2D eigenvalue weighted by Crippen LogP contribution is 2.43. The minimum Gasteiger partial charge on any atom is -0.507 e. The number of fused-ring (bicyclic) bond motifs is 3. The van der Waals surface area contributed by atoms with Crippen LogP contribution in [0.25, 0.3) is 6.08 Å². The van der Waals surface area contributed by atoms with Gasteiger partial charge in [0.15, 0.2) is 17.3 Å². The number of hydrogen-bond acceptors (Lipinski definition) is 8. The quantitative estimate of drug-likeness (QED) is 0.571. The highest BCUT2D eigenvalue weighted by Gasteiger charge is 2.29. The summed E-state index contributed by atoms with van der Waals surface area (Å²) in [6.07, 6.45) is 2.00. The Balaban J connectivity index is 2.07. The highest BCUT2D eigenvalue weighted by molar-refractivity contribution is 5.99. The SMILES string of the molecule is C[C@@H]1/C=C\C(=O)[C@@H](O)[C@@H](O)C/C=C/c2c3c(cc(O)c2C(=O)O[C@H]1C)OCO3. The van der Waals surface area contributed by atoms with Crippen molar-refractivity contribution in [3.8, 4) is 17.2 Å². The van der Waals surface area contributed by atoms with E-state index in [1.165, 1.54) is 30.4 Å². The first-order chi connectivity index (χ1) is 13.3. The van der Waals surface area contributed by atoms with E-state index in [0.717, 1.165) is 0 Å². The fourth-order valence-corrected chi connectivity index (χ4v) is 2.91. The van der Waals surface area contributed by atoms with Crippen LogP contribution in [0.5, 0.6) is 17.2 Å². The summed E-state index contributed by atoms with van der Waals surface area (Å²) < 4.78 is 16.1. The van der Waals surface area contributed by atoms with Gasteiger partial charge in [0.25, 0.3) is 0 Å². The number of benzene rings is 1. The number of aliphatic hydroxyl groups is 2. The summed E-state index contributed by atoms with van der Waals surface area (Å²) in [4.78, 5) is 24.7. The van der Waals surface area contributed by atoms with E-state index in [2.05, 4.69) is 0 Å². The molecule has 3 N–H and O–H groups in total. The average Bonchev–Trinajstić information content (AvgIpc) is 3.11. The lowest BCUT2D eigenvalue weighted by Crippen LogP contribution is -2.32. The lowest BCUT2D eigenvalue weighted by molar-refractivity contribution is -0.127. The van der Waals surface area contributed by atoms with Crippen LogP contribution in [0.4, 0.5) is 0 Å². The first kappa shape index (κ1) is 19.9. The number of phenolic OH excluding ortho intramolecular Hbond substituents is 1. The minimum absolute atomic E-state index is 0.0630. The van der Waals surface area contributed by atoms with Gasteiger partial charge in [0, 0.05) is 17.5 Å². The molecule has 0 unspecified atom stereocenters. The molecular weight excluding hydrogens is 368 g/mol. The Morgan fingerprint density at radius 1 is 1.11 bits per heavy atom. The molecule has 8 heteroatoms. The number of ketones is 1. The van der Waals surface area contributed by atoms with Crippen molar-refractivity contribution < 1.29 is 39.1 Å². The van der Waals surface area contributed by atoms with E-state index in [1.807, 2.05) is 0 Å². The molecule has 150 valence electrons. The second-order valence-corrected chi connectivity index (χ2v) is 6.80. The summed E-state index contributed by atoms with van der Waals surface area (Å²) in [6.45, 7) is 3.31. The summed E-state index contributed by atoms with van der Waals surface area (Å²) >= 11 is 0. The summed E-state index contributed by atoms with van der Waals surface area (Å²) in [5.74, 6) is -1.54. The van der Waals surface area contributed by atoms with Gasteiger partial charge in [-0.3, -0.25) is 4.79 Å². The highest BCUT2D eigenvalue weighted by atomic mass is 16.7. The molecule has 0 bridgehead atoms. The predicted molar refractivity (Wildman–Crippen MR) is 98.1 cm³/mol. The molecule has 0 aromatic heterocycles. The smallest absolute Gasteiger partial charge is 0.342 e. The van der Waals surface area contributed by atoms with Gasteiger partial charge in [-0.1, -0.05) is 25.2 Å². The molecule has 2 aliphatic heterocycles. The van der Waals surface area contributed by atoms with Crippen LogP contribution in [0.1, 0.15) is 36.2 Å². The number of rotatable bonds is 0. The van der Waals surface area contributed by atoms with Crippen LogP contribution in [0.3, 0.4) is 0 Å². The largest absolute Gasteiger partial charge is 0.507 e. The third kappa shape index (κ3) is 3.88. The minimum atomic E-state index is -1.58. The van der Waals surface area contributed by atoms with Gasteiger partial charge >= 0.3 is 5.97 Å². The average molecular weight is 390 g/mol. The number of cyclic esters (lactones) is 1. The second kappa shape index (κ2) is 8.04. The van der Waals surface area contributed by atoms with Crippen LogP contribution in [0.2, 0.25) is 0 Å². The van der Waals surface area contributed by atoms with Crippen molar-refractivity contribution in [3.05, 3.63) is 35.4 Å². The predicted octanol–water partition coefficient (Wildman–Crippen LogP) is 1.57. The van der Waals surface area contributed by atoms with Crippen LogP contribution in [0.15, 0.2) is 24.3 Å². The number of aromatic hydroxyl groups is 1. The van der Waals surface area contributed by atoms with E-state index >= 15 is 0 Å². The molecule has 0 saturated heterocycles. The van der Waals surface area contributed by atoms with Gasteiger partial charge in [-0.25, -0.2) is 4.79 Å². The summed E-state index contributed by atoms with van der Waals surface area (Å²) in [5.41, 5.74) is 0.143. The van der Waals surface area contributed by atoms with Gasteiger partial charge in [-0.2, -0.15) is 0 Å². The van der Waals surface area contributed by atoms with Gasteiger partial charge in [0.2, 0.25) is 6.79 Å². The normalized spacial score (nSPS) is 30.1. The Morgan fingerprint density at radius 3 is 2.61 bits per heavy atom. The maximum atomic E-state index is 12.7. The van der Waals surface area contributed by atoms with Crippen molar-refractivity contribution in [3.63, 3.8) is 0 Å². The Kier molecular flexibility index (Phi) is 5.71. The van der Waals surface area contributed by atoms with E-state index in [-0.39, 0.29) is 47.5 Å². The van der Waals surface area contributed by atoms with E-state index in [9.17, 15) is 24.9 Å². The Labute approximate surface area is 161 Å². The molecule has 8 nitrogen and oxygen atoms in total. The van der Waals surface area contributed by atoms with Crippen LogP contribution in [-0.2, 0) is 9.53 Å². The van der Waals surface area contributed by atoms with Crippen molar-refractivity contribution in [1.82, 2.24) is 0 Å². The molecule has 0 radical (unpaired) electrons. The molecule has 3 rings (SSSR count). The molecule has 0 amide bonds. The number of ether oxygens (including phenoxy) is 3. The van der Waals surface area contributed by atoms with E-state index < -0.39 is 30.1 Å². The number of carbonyl (C=O) groups excluding carboxylic acids is 2.